The minimum atomic E-state index is -2.00. The summed E-state index contributed by atoms with van der Waals surface area (Å²) in [5.41, 5.74) is 7.99. The van der Waals surface area contributed by atoms with Crippen molar-refractivity contribution in [3.05, 3.63) is 109 Å². The summed E-state index contributed by atoms with van der Waals surface area (Å²) in [4.78, 5) is 0. The normalized spacial score (nSPS) is 18.7. The molecule has 434 valence electrons. The maximum atomic E-state index is 13.2. The number of halogens is 6. The summed E-state index contributed by atoms with van der Waals surface area (Å²) in [5.74, 6) is -10.3. The summed E-state index contributed by atoms with van der Waals surface area (Å²) in [7, 11) is 0. The van der Waals surface area contributed by atoms with Crippen molar-refractivity contribution in [2.45, 2.75) is 77.3 Å². The standard InChI is InChI=1S/C63H51I6O14.U/c1-11-23-17(4)26-18(5)31(45(64)46(65)43(26)61(81)56(23)76)30-15(2)16(3)32(49(68-10)47(30)66)35-27-19(6)33(39-42-44(62(82)63(83)60(39)80)52(72)22(9)54(74)59(42)79)51(71)20(7)28(27)36-37-29(35)21(8)53(73)58(78)41(37)40-34-24(14-25(70)57(40)77)55(75)50(69-12-13-69)48(67)38(34)36;/h11,32,41,49,58,70-83H,1,10,12-13H2,2-9H3;/q-1;. The number of hydrogen-bond acceptors (Lipinski definition) is 14. The Bertz CT molecular complexity index is 4650. The van der Waals surface area contributed by atoms with Gasteiger partial charge in [0, 0.05) is 54.8 Å². The van der Waals surface area contributed by atoms with Gasteiger partial charge >= 0.3 is 397 Å². The molecule has 1 saturated heterocycles. The molecule has 84 heavy (non-hydrogen) atoms. The van der Waals surface area contributed by atoms with Gasteiger partial charge in [-0.25, -0.2) is 0 Å². The van der Waals surface area contributed by atoms with Gasteiger partial charge in [0.2, 0.25) is 0 Å². The van der Waals surface area contributed by atoms with E-state index in [9.17, 15) is 71.5 Å². The first kappa shape index (κ1) is 62.0. The molecule has 0 spiro atoms. The number of aryl methyl sites for hydroxylation is 4. The zero-order valence-electron chi connectivity index (χ0n) is 45.7. The van der Waals surface area contributed by atoms with Crippen LogP contribution in [0.1, 0.15) is 93.8 Å². The van der Waals surface area contributed by atoms with Crippen LogP contribution in [0.2, 0.25) is 0 Å². The fraction of sp³-hybridized carbons (Fsp3) is 0.222. The topological polar surface area (TPSA) is 283 Å². The van der Waals surface area contributed by atoms with Crippen molar-refractivity contribution < 1.29 is 103 Å². The second-order valence-electron chi connectivity index (χ2n) is 21.6. The van der Waals surface area contributed by atoms with Crippen molar-refractivity contribution in [3.8, 4) is 91.2 Å². The van der Waals surface area contributed by atoms with Gasteiger partial charge < -0.3 is 25.5 Å². The molecule has 3 aliphatic carbocycles. The number of aliphatic hydroxyl groups excluding tert-OH is 2. The number of phenolic OH excluding ortho intramolecular Hbond substituents is 12. The van der Waals surface area contributed by atoms with Crippen molar-refractivity contribution in [1.82, 2.24) is 0 Å². The van der Waals surface area contributed by atoms with Crippen LogP contribution in [0.25, 0.3) is 82.6 Å². The predicted octanol–water partition coefficient (Wildman–Crippen LogP) is 15.7. The summed E-state index contributed by atoms with van der Waals surface area (Å²) >= 11 is 6.05. The minimum Gasteiger partial charge on any atom is -0.0385 e. The van der Waals surface area contributed by atoms with Crippen LogP contribution in [0, 0.1) is 86.1 Å². The summed E-state index contributed by atoms with van der Waals surface area (Å²) in [6, 6.07) is 2.87. The van der Waals surface area contributed by atoms with Crippen LogP contribution < -0.4 is 0 Å². The number of phenols is 12. The molecule has 0 radical (unpaired) electrons. The third-order valence-corrected chi connectivity index (χ3v) is 32.6. The van der Waals surface area contributed by atoms with Crippen LogP contribution in [0.3, 0.4) is 0 Å². The molecule has 4 atom stereocenters. The second kappa shape index (κ2) is 21.3. The largest absolute Gasteiger partial charge is 0.0385 e. The average Bonchev–Trinajstić information content (AvgIpc) is 0.945. The van der Waals surface area contributed by atoms with Crippen LogP contribution in [0.4, 0.5) is 0 Å². The summed E-state index contributed by atoms with van der Waals surface area (Å²) < 4.78 is 10.0. The van der Waals surface area contributed by atoms with Crippen LogP contribution in [-0.2, 0) is 0 Å². The van der Waals surface area contributed by atoms with E-state index in [2.05, 4.69) is 103 Å². The molecule has 0 aromatic heterocycles. The molecule has 12 rings (SSSR count). The molecular formula is C63H51I6O14U-. The number of aromatic hydroxyl groups is 12. The van der Waals surface area contributed by atoms with E-state index in [1.807, 2.05) is 27.7 Å². The van der Waals surface area contributed by atoms with Crippen molar-refractivity contribution in [2.24, 2.45) is 0 Å². The van der Waals surface area contributed by atoms with E-state index in [-0.39, 0.29) is 92.5 Å². The maximum Gasteiger partial charge on any atom is 0 e. The van der Waals surface area contributed by atoms with Gasteiger partial charge in [-0.2, -0.15) is 0 Å². The fourth-order valence-electron chi connectivity index (χ4n) is 13.8. The summed E-state index contributed by atoms with van der Waals surface area (Å²) in [6.07, 6.45) is -0.202. The smallest absolute Gasteiger partial charge is 0 e. The monoisotopic (exact) mass is 2030 g/mol. The molecular weight excluding hydrogens is 1980 g/mol. The molecule has 0 saturated carbocycles. The van der Waals surface area contributed by atoms with Gasteiger partial charge in [-0.3, -0.25) is 0 Å². The maximum absolute atomic E-state index is 13.2. The van der Waals surface area contributed by atoms with Gasteiger partial charge in [0.05, 0.1) is 0 Å². The SMILES string of the molecule is C=Cc1c(O)c(O)c2c(I)c(I)c(C3=C(I)C(I=C)C(c4c5c6c(c7c(C)c(O)c(-c8c(O)c(O)c(O)c9c(O)c(C)c(O)c(O)c89)c(C)c47)-c4c(I)c(I7CC7)c(O)c7[c-]c(O)c(O)c(c47)C6C(O)C(O)=C5C)C(C)=C3C)c(C)c2c1C.[U]. The van der Waals surface area contributed by atoms with E-state index >= 15 is 0 Å². The van der Waals surface area contributed by atoms with E-state index in [0.717, 1.165) is 61.9 Å². The summed E-state index contributed by atoms with van der Waals surface area (Å²) in [5, 5.41) is 169. The Morgan fingerprint density at radius 2 is 1.10 bits per heavy atom. The minimum absolute atomic E-state index is 0. The molecule has 0 bridgehead atoms. The Balaban J connectivity index is 0.00000736. The van der Waals surface area contributed by atoms with Crippen molar-refractivity contribution >= 4 is 196 Å². The van der Waals surface area contributed by atoms with E-state index in [4.69, 9.17) is 4.51 Å². The van der Waals surface area contributed by atoms with E-state index in [1.165, 1.54) is 13.0 Å². The van der Waals surface area contributed by atoms with Crippen LogP contribution >= 0.6 is 131 Å². The molecule has 1 aliphatic heterocycles. The van der Waals surface area contributed by atoms with E-state index < -0.39 is 136 Å². The molecule has 14 nitrogen and oxygen atoms in total. The second-order valence-corrected chi connectivity index (χ2v) is 34.1. The van der Waals surface area contributed by atoms with E-state index in [0.29, 0.717) is 53.1 Å². The van der Waals surface area contributed by atoms with Gasteiger partial charge in [-0.05, 0) is 82.5 Å². The van der Waals surface area contributed by atoms with Gasteiger partial charge in [0.15, 0.2) is 11.5 Å². The number of fused-ring (bicyclic) bond motifs is 6. The Kier molecular flexibility index (Phi) is 15.7. The van der Waals surface area contributed by atoms with Crippen molar-refractivity contribution in [2.75, 3.05) is 8.86 Å². The van der Waals surface area contributed by atoms with Crippen LogP contribution in [0.15, 0.2) is 27.1 Å². The molecule has 14 N–H and O–H groups in total. The quantitative estimate of drug-likeness (QED) is 0.0242. The predicted molar refractivity (Wildman–Crippen MR) is 377 cm³/mol. The molecule has 4 unspecified atom stereocenters. The third-order valence-electron chi connectivity index (χ3n) is 17.9. The average molecular weight is 2030 g/mol. The zero-order chi connectivity index (χ0) is 60.4. The zero-order valence-corrected chi connectivity index (χ0v) is 62.9. The molecule has 21 heteroatoms. The summed E-state index contributed by atoms with van der Waals surface area (Å²) in [6.45, 7) is 18.2. The number of hydrogen-bond donors (Lipinski definition) is 14. The molecule has 4 aliphatic rings. The Morgan fingerprint density at radius 1 is 0.488 bits per heavy atom. The van der Waals surface area contributed by atoms with Gasteiger partial charge in [0.25, 0.3) is 0 Å². The fourth-order valence-corrected chi connectivity index (χ4v) is 27.1. The van der Waals surface area contributed by atoms with Gasteiger partial charge in [-0.15, -0.1) is 0 Å². The first-order valence-electron chi connectivity index (χ1n) is 25.7. The van der Waals surface area contributed by atoms with Crippen molar-refractivity contribution in [1.29, 1.82) is 0 Å². The molecule has 0 amide bonds. The van der Waals surface area contributed by atoms with Gasteiger partial charge in [0.1, 0.15) is 0 Å². The molecule has 1 fully saturated rings. The van der Waals surface area contributed by atoms with E-state index in [1.54, 1.807) is 20.8 Å². The number of aliphatic hydroxyl groups is 2. The molecule has 8 aromatic carbocycles. The Morgan fingerprint density at radius 3 is 1.70 bits per heavy atom. The van der Waals surface area contributed by atoms with Crippen LogP contribution in [0.5, 0.6) is 69.0 Å². The first-order chi connectivity index (χ1) is 39.0. The number of allylic oxidation sites excluding steroid dienone is 5. The van der Waals surface area contributed by atoms with Crippen LogP contribution in [-0.4, -0.2) is 94.9 Å². The van der Waals surface area contributed by atoms with Gasteiger partial charge in [-0.1, -0.05) is 12.7 Å². The molecule has 1 heterocycles. The third kappa shape index (κ3) is 7.93. The number of alkyl halides is 3. The molecule has 8 aromatic rings. The number of rotatable bonds is 6. The first-order valence-corrected chi connectivity index (χ1v) is 36.9. The number of benzene rings is 8. The Labute approximate surface area is 576 Å². The Hall–Kier alpha value is -3.58. The van der Waals surface area contributed by atoms with Crippen molar-refractivity contribution in [3.63, 3.8) is 0 Å².